The Labute approximate surface area is 134 Å². The molecule has 0 saturated carbocycles. The molecule has 0 saturated heterocycles. The van der Waals surface area contributed by atoms with Gasteiger partial charge in [0.15, 0.2) is 5.82 Å². The molecule has 21 heavy (non-hydrogen) atoms. The van der Waals surface area contributed by atoms with Crippen molar-refractivity contribution in [3.05, 3.63) is 68.5 Å². The fourth-order valence-corrected chi connectivity index (χ4v) is 2.41. The quantitative estimate of drug-likeness (QED) is 0.752. The van der Waals surface area contributed by atoms with Crippen LogP contribution in [0.4, 0.5) is 0 Å². The van der Waals surface area contributed by atoms with Gasteiger partial charge in [-0.2, -0.15) is 0 Å². The molecular formula is C15H9BrClN3O. The Balaban J connectivity index is 2.19. The maximum atomic E-state index is 12.1. The van der Waals surface area contributed by atoms with Gasteiger partial charge < -0.3 is 4.98 Å². The first-order valence-electron chi connectivity index (χ1n) is 6.12. The van der Waals surface area contributed by atoms with E-state index in [2.05, 4.69) is 30.9 Å². The zero-order valence-electron chi connectivity index (χ0n) is 10.7. The SMILES string of the molecule is O=c1[nH]c(-c2ccc(Cl)cn2)nc(-c2ccccc2)c1Br. The number of aromatic nitrogens is 3. The lowest BCUT2D eigenvalue weighted by Gasteiger charge is -2.06. The minimum Gasteiger partial charge on any atom is -0.304 e. The van der Waals surface area contributed by atoms with Crippen LogP contribution in [0, 0.1) is 0 Å². The number of aromatic amines is 1. The summed E-state index contributed by atoms with van der Waals surface area (Å²) >= 11 is 9.11. The van der Waals surface area contributed by atoms with Crippen LogP contribution in [0.3, 0.4) is 0 Å². The fourth-order valence-electron chi connectivity index (χ4n) is 1.88. The molecule has 3 aromatic rings. The van der Waals surface area contributed by atoms with Gasteiger partial charge in [-0.15, -0.1) is 0 Å². The third-order valence-electron chi connectivity index (χ3n) is 2.88. The molecule has 2 aromatic heterocycles. The molecule has 1 N–H and O–H groups in total. The second-order valence-electron chi connectivity index (χ2n) is 4.30. The van der Waals surface area contributed by atoms with Gasteiger partial charge in [-0.1, -0.05) is 41.9 Å². The van der Waals surface area contributed by atoms with Crippen LogP contribution < -0.4 is 5.56 Å². The molecule has 4 nitrogen and oxygen atoms in total. The maximum Gasteiger partial charge on any atom is 0.266 e. The van der Waals surface area contributed by atoms with E-state index in [1.807, 2.05) is 30.3 Å². The third-order valence-corrected chi connectivity index (χ3v) is 3.84. The Morgan fingerprint density at radius 3 is 2.52 bits per heavy atom. The summed E-state index contributed by atoms with van der Waals surface area (Å²) in [5, 5.41) is 0.529. The van der Waals surface area contributed by atoms with E-state index in [1.54, 1.807) is 12.1 Å². The van der Waals surface area contributed by atoms with Crippen molar-refractivity contribution < 1.29 is 0 Å². The van der Waals surface area contributed by atoms with Crippen molar-refractivity contribution in [1.29, 1.82) is 0 Å². The smallest absolute Gasteiger partial charge is 0.266 e. The zero-order valence-corrected chi connectivity index (χ0v) is 13.0. The lowest BCUT2D eigenvalue weighted by molar-refractivity contribution is 1.09. The molecule has 0 unspecified atom stereocenters. The molecule has 1 aromatic carbocycles. The van der Waals surface area contributed by atoms with Crippen molar-refractivity contribution in [2.75, 3.05) is 0 Å². The van der Waals surface area contributed by atoms with Crippen LogP contribution in [-0.4, -0.2) is 15.0 Å². The highest BCUT2D eigenvalue weighted by atomic mass is 79.9. The molecule has 0 fully saturated rings. The molecule has 0 radical (unpaired) electrons. The Bertz CT molecular complexity index is 832. The molecule has 0 aliphatic rings. The van der Waals surface area contributed by atoms with E-state index in [0.29, 0.717) is 26.7 Å². The van der Waals surface area contributed by atoms with E-state index in [9.17, 15) is 4.79 Å². The second-order valence-corrected chi connectivity index (χ2v) is 5.53. The normalized spacial score (nSPS) is 10.6. The minimum absolute atomic E-state index is 0.254. The largest absolute Gasteiger partial charge is 0.304 e. The van der Waals surface area contributed by atoms with Crippen molar-refractivity contribution in [2.24, 2.45) is 0 Å². The Hall–Kier alpha value is -1.98. The molecule has 0 spiro atoms. The van der Waals surface area contributed by atoms with E-state index < -0.39 is 0 Å². The Morgan fingerprint density at radius 1 is 1.10 bits per heavy atom. The molecular weight excluding hydrogens is 354 g/mol. The average molecular weight is 363 g/mol. The van der Waals surface area contributed by atoms with E-state index in [-0.39, 0.29) is 5.56 Å². The first kappa shape index (κ1) is 14.0. The fraction of sp³-hybridized carbons (Fsp3) is 0. The van der Waals surface area contributed by atoms with Gasteiger partial charge in [-0.25, -0.2) is 4.98 Å². The number of nitrogens with one attached hydrogen (secondary N) is 1. The van der Waals surface area contributed by atoms with Crippen LogP contribution in [0.2, 0.25) is 5.02 Å². The molecule has 2 heterocycles. The molecule has 0 bridgehead atoms. The molecule has 0 amide bonds. The van der Waals surface area contributed by atoms with Crippen LogP contribution in [0.5, 0.6) is 0 Å². The Kier molecular flexibility index (Phi) is 3.86. The molecule has 0 aliphatic carbocycles. The number of hydrogen-bond acceptors (Lipinski definition) is 3. The topological polar surface area (TPSA) is 58.6 Å². The summed E-state index contributed by atoms with van der Waals surface area (Å²) in [5.41, 5.74) is 1.73. The number of H-pyrrole nitrogens is 1. The van der Waals surface area contributed by atoms with Crippen LogP contribution in [0.25, 0.3) is 22.8 Å². The first-order valence-corrected chi connectivity index (χ1v) is 7.29. The number of rotatable bonds is 2. The van der Waals surface area contributed by atoms with E-state index in [1.165, 1.54) is 6.20 Å². The number of benzene rings is 1. The van der Waals surface area contributed by atoms with Gasteiger partial charge in [0.1, 0.15) is 10.2 Å². The lowest BCUT2D eigenvalue weighted by atomic mass is 10.1. The highest BCUT2D eigenvalue weighted by molar-refractivity contribution is 9.10. The summed E-state index contributed by atoms with van der Waals surface area (Å²) < 4.78 is 0.395. The van der Waals surface area contributed by atoms with Crippen molar-refractivity contribution in [2.45, 2.75) is 0 Å². The molecule has 3 rings (SSSR count). The standard InChI is InChI=1S/C15H9BrClN3O/c16-12-13(9-4-2-1-3-5-9)19-14(20-15(12)21)11-7-6-10(17)8-18-11/h1-8H,(H,19,20,21). The summed E-state index contributed by atoms with van der Waals surface area (Å²) in [6.07, 6.45) is 1.52. The Morgan fingerprint density at radius 2 is 1.86 bits per heavy atom. The van der Waals surface area contributed by atoms with Gasteiger partial charge in [0.2, 0.25) is 0 Å². The van der Waals surface area contributed by atoms with Gasteiger partial charge in [-0.05, 0) is 28.1 Å². The van der Waals surface area contributed by atoms with E-state index in [4.69, 9.17) is 11.6 Å². The van der Waals surface area contributed by atoms with Crippen molar-refractivity contribution in [1.82, 2.24) is 15.0 Å². The molecule has 0 aliphatic heterocycles. The summed E-state index contributed by atoms with van der Waals surface area (Å²) in [5.74, 6) is 0.402. The predicted molar refractivity (Wildman–Crippen MR) is 86.2 cm³/mol. The zero-order chi connectivity index (χ0) is 14.8. The summed E-state index contributed by atoms with van der Waals surface area (Å²) in [4.78, 5) is 23.4. The molecule has 6 heteroatoms. The monoisotopic (exact) mass is 361 g/mol. The number of hydrogen-bond donors (Lipinski definition) is 1. The van der Waals surface area contributed by atoms with Crippen molar-refractivity contribution in [3.63, 3.8) is 0 Å². The second kappa shape index (κ2) is 5.79. The minimum atomic E-state index is -0.254. The maximum absolute atomic E-state index is 12.1. The summed E-state index contributed by atoms with van der Waals surface area (Å²) in [6, 6.07) is 12.9. The highest BCUT2D eigenvalue weighted by Crippen LogP contribution is 2.25. The van der Waals surface area contributed by atoms with Gasteiger partial charge in [0.25, 0.3) is 5.56 Å². The molecule has 104 valence electrons. The van der Waals surface area contributed by atoms with E-state index >= 15 is 0 Å². The van der Waals surface area contributed by atoms with Crippen LogP contribution in [0.15, 0.2) is 57.9 Å². The lowest BCUT2D eigenvalue weighted by Crippen LogP contribution is -2.12. The van der Waals surface area contributed by atoms with Gasteiger partial charge in [0, 0.05) is 11.8 Å². The predicted octanol–water partition coefficient (Wildman–Crippen LogP) is 3.91. The average Bonchev–Trinajstić information content (AvgIpc) is 2.51. The number of nitrogens with zero attached hydrogens (tertiary/aromatic N) is 2. The van der Waals surface area contributed by atoms with Crippen molar-refractivity contribution in [3.8, 4) is 22.8 Å². The summed E-state index contributed by atoms with van der Waals surface area (Å²) in [7, 11) is 0. The van der Waals surface area contributed by atoms with Gasteiger partial charge in [-0.3, -0.25) is 9.78 Å². The number of pyridine rings is 1. The third kappa shape index (κ3) is 2.89. The van der Waals surface area contributed by atoms with Crippen LogP contribution in [-0.2, 0) is 0 Å². The highest BCUT2D eigenvalue weighted by Gasteiger charge is 2.12. The van der Waals surface area contributed by atoms with Crippen molar-refractivity contribution >= 4 is 27.5 Å². The first-order chi connectivity index (χ1) is 10.1. The summed E-state index contributed by atoms with van der Waals surface area (Å²) in [6.45, 7) is 0. The molecule has 0 atom stereocenters. The van der Waals surface area contributed by atoms with Crippen LogP contribution >= 0.6 is 27.5 Å². The van der Waals surface area contributed by atoms with Gasteiger partial charge in [0.05, 0.1) is 10.7 Å². The van der Waals surface area contributed by atoms with Gasteiger partial charge >= 0.3 is 0 Å². The van der Waals surface area contributed by atoms with E-state index in [0.717, 1.165) is 5.56 Å². The number of halogens is 2. The van der Waals surface area contributed by atoms with Crippen LogP contribution in [0.1, 0.15) is 0 Å².